The van der Waals surface area contributed by atoms with Crippen molar-refractivity contribution in [3.05, 3.63) is 77.3 Å². The van der Waals surface area contributed by atoms with Crippen molar-refractivity contribution in [1.29, 1.82) is 0 Å². The zero-order valence-corrected chi connectivity index (χ0v) is 16.9. The number of halogens is 1. The normalized spacial score (nSPS) is 11.4. The predicted octanol–water partition coefficient (Wildman–Crippen LogP) is 3.18. The van der Waals surface area contributed by atoms with Crippen LogP contribution < -0.4 is 5.32 Å². The number of aromatic nitrogens is 4. The molecule has 0 bridgehead atoms. The maximum Gasteiger partial charge on any atom is 0.273 e. The summed E-state index contributed by atoms with van der Waals surface area (Å²) in [6.45, 7) is 2.11. The van der Waals surface area contributed by atoms with Crippen LogP contribution in [0.3, 0.4) is 0 Å². The van der Waals surface area contributed by atoms with Crippen LogP contribution in [0, 0.1) is 12.7 Å². The molecule has 4 rings (SSSR count). The third kappa shape index (κ3) is 5.00. The molecular formula is C22H21FN6O2. The van der Waals surface area contributed by atoms with Gasteiger partial charge in [-0.1, -0.05) is 12.1 Å². The fourth-order valence-electron chi connectivity index (χ4n) is 3.07. The van der Waals surface area contributed by atoms with Crippen molar-refractivity contribution in [2.45, 2.75) is 26.3 Å². The van der Waals surface area contributed by atoms with Crippen LogP contribution in [0.15, 0.2) is 52.0 Å². The second-order valence-corrected chi connectivity index (χ2v) is 6.87. The minimum absolute atomic E-state index is 0.0285. The van der Waals surface area contributed by atoms with Crippen molar-refractivity contribution in [2.75, 3.05) is 6.54 Å². The molecule has 2 N–H and O–H groups in total. The predicted molar refractivity (Wildman–Crippen MR) is 113 cm³/mol. The fourth-order valence-corrected chi connectivity index (χ4v) is 3.07. The number of rotatable bonds is 8. The van der Waals surface area contributed by atoms with Gasteiger partial charge in [-0.05, 0) is 31.2 Å². The first-order valence-electron chi connectivity index (χ1n) is 9.86. The Morgan fingerprint density at radius 1 is 1.26 bits per heavy atom. The largest absolute Gasteiger partial charge is 0.445 e. The van der Waals surface area contributed by atoms with E-state index in [4.69, 9.17) is 4.42 Å². The first-order chi connectivity index (χ1) is 15.1. The molecule has 9 heteroatoms. The molecule has 0 aliphatic rings. The Kier molecular flexibility index (Phi) is 6.11. The van der Waals surface area contributed by atoms with Crippen LogP contribution >= 0.6 is 0 Å². The van der Waals surface area contributed by atoms with Crippen LogP contribution in [-0.4, -0.2) is 38.6 Å². The number of amides is 1. The molecule has 4 aromatic rings. The average Bonchev–Trinajstić information content (AvgIpc) is 3.35. The van der Waals surface area contributed by atoms with Crippen LogP contribution in [0.25, 0.3) is 11.0 Å². The van der Waals surface area contributed by atoms with Crippen molar-refractivity contribution in [2.24, 2.45) is 4.99 Å². The number of aromatic amines is 1. The van der Waals surface area contributed by atoms with Gasteiger partial charge in [0.1, 0.15) is 17.4 Å². The molecule has 8 nitrogen and oxygen atoms in total. The highest BCUT2D eigenvalue weighted by atomic mass is 19.1. The van der Waals surface area contributed by atoms with Crippen molar-refractivity contribution in [1.82, 2.24) is 25.3 Å². The number of pyridine rings is 1. The smallest absolute Gasteiger partial charge is 0.273 e. The van der Waals surface area contributed by atoms with Crippen LogP contribution in [-0.2, 0) is 19.4 Å². The summed E-state index contributed by atoms with van der Waals surface area (Å²) in [5, 5.41) is 2.61. The zero-order chi connectivity index (χ0) is 21.6. The number of hydrogen-bond donors (Lipinski definition) is 2. The van der Waals surface area contributed by atoms with Crippen LogP contribution in [0.5, 0.6) is 0 Å². The first kappa shape index (κ1) is 20.4. The van der Waals surface area contributed by atoms with Gasteiger partial charge in [0.05, 0.1) is 23.3 Å². The summed E-state index contributed by atoms with van der Waals surface area (Å²) in [6, 6.07) is 10.6. The molecule has 0 saturated carbocycles. The van der Waals surface area contributed by atoms with Crippen LogP contribution in [0.2, 0.25) is 0 Å². The molecule has 0 unspecified atom stereocenters. The summed E-state index contributed by atoms with van der Waals surface area (Å²) in [5.74, 6) is 0.764. The number of carbonyl (C=O) groups is 1. The average molecular weight is 420 g/mol. The Morgan fingerprint density at radius 2 is 2.13 bits per heavy atom. The zero-order valence-electron chi connectivity index (χ0n) is 16.9. The summed E-state index contributed by atoms with van der Waals surface area (Å²) < 4.78 is 19.2. The summed E-state index contributed by atoms with van der Waals surface area (Å²) in [5.41, 5.74) is 2.27. The summed E-state index contributed by atoms with van der Waals surface area (Å²) in [6.07, 6.45) is 4.32. The molecular weight excluding hydrogens is 399 g/mol. The number of hydrogen-bond acceptors (Lipinski definition) is 6. The van der Waals surface area contributed by atoms with E-state index in [0.29, 0.717) is 31.0 Å². The Bertz CT molecular complexity index is 1200. The molecule has 31 heavy (non-hydrogen) atoms. The number of aliphatic imine (C=N–C) groups is 1. The van der Waals surface area contributed by atoms with Crippen LogP contribution in [0.4, 0.5) is 4.39 Å². The molecule has 1 aromatic carbocycles. The van der Waals surface area contributed by atoms with Gasteiger partial charge in [0.2, 0.25) is 0 Å². The van der Waals surface area contributed by atoms with E-state index in [0.717, 1.165) is 16.9 Å². The van der Waals surface area contributed by atoms with Gasteiger partial charge in [0.25, 0.3) is 5.91 Å². The van der Waals surface area contributed by atoms with Gasteiger partial charge in [-0.25, -0.2) is 14.4 Å². The lowest BCUT2D eigenvalue weighted by Gasteiger charge is -2.03. The monoisotopic (exact) mass is 420 g/mol. The lowest BCUT2D eigenvalue weighted by atomic mass is 10.3. The number of nitrogens with one attached hydrogen (secondary N) is 2. The number of aryl methyl sites for hydroxylation is 1. The maximum atomic E-state index is 13.6. The fraction of sp³-hybridized carbons (Fsp3) is 0.227. The molecule has 1 amide bonds. The van der Waals surface area contributed by atoms with E-state index in [1.807, 2.05) is 24.3 Å². The summed E-state index contributed by atoms with van der Waals surface area (Å²) >= 11 is 0. The lowest BCUT2D eigenvalue weighted by Crippen LogP contribution is -2.25. The maximum absolute atomic E-state index is 13.6. The van der Waals surface area contributed by atoms with E-state index in [-0.39, 0.29) is 17.9 Å². The topological polar surface area (TPSA) is 109 Å². The van der Waals surface area contributed by atoms with Gasteiger partial charge in [0.15, 0.2) is 11.6 Å². The number of oxazole rings is 1. The number of imidazole rings is 1. The van der Waals surface area contributed by atoms with Crippen molar-refractivity contribution < 1.29 is 13.6 Å². The van der Waals surface area contributed by atoms with Crippen LogP contribution in [0.1, 0.15) is 33.7 Å². The van der Waals surface area contributed by atoms with E-state index < -0.39 is 11.7 Å². The molecule has 0 radical (unpaired) electrons. The Hall–Kier alpha value is -3.88. The SMILES string of the molecule is Cc1oc(CCN=CCc2nc3ccccc3[nH]2)nc1C(=O)NCc1ncccc1F. The van der Waals surface area contributed by atoms with E-state index in [1.54, 1.807) is 13.1 Å². The van der Waals surface area contributed by atoms with Gasteiger partial charge in [-0.3, -0.25) is 14.8 Å². The quantitative estimate of drug-likeness (QED) is 0.426. The number of carbonyl (C=O) groups excluding carboxylic acids is 1. The number of nitrogens with zero attached hydrogens (tertiary/aromatic N) is 4. The molecule has 0 fully saturated rings. The highest BCUT2D eigenvalue weighted by molar-refractivity contribution is 5.93. The number of benzene rings is 1. The third-order valence-electron chi connectivity index (χ3n) is 4.61. The van der Waals surface area contributed by atoms with Crippen molar-refractivity contribution in [3.8, 4) is 0 Å². The molecule has 0 aliphatic heterocycles. The highest BCUT2D eigenvalue weighted by Gasteiger charge is 2.17. The van der Waals surface area contributed by atoms with E-state index in [1.165, 1.54) is 18.3 Å². The second-order valence-electron chi connectivity index (χ2n) is 6.87. The lowest BCUT2D eigenvalue weighted by molar-refractivity contribution is 0.0944. The number of H-pyrrole nitrogens is 1. The molecule has 158 valence electrons. The van der Waals surface area contributed by atoms with Gasteiger partial charge in [-0.15, -0.1) is 0 Å². The number of fused-ring (bicyclic) bond motifs is 1. The molecule has 3 heterocycles. The molecule has 0 aliphatic carbocycles. The number of para-hydroxylation sites is 2. The minimum atomic E-state index is -0.471. The molecule has 0 spiro atoms. The summed E-state index contributed by atoms with van der Waals surface area (Å²) in [7, 11) is 0. The van der Waals surface area contributed by atoms with Crippen molar-refractivity contribution in [3.63, 3.8) is 0 Å². The minimum Gasteiger partial charge on any atom is -0.445 e. The van der Waals surface area contributed by atoms with Gasteiger partial charge < -0.3 is 14.7 Å². The second kappa shape index (κ2) is 9.29. The van der Waals surface area contributed by atoms with Gasteiger partial charge >= 0.3 is 0 Å². The van der Waals surface area contributed by atoms with Gasteiger partial charge in [-0.2, -0.15) is 0 Å². The molecule has 0 saturated heterocycles. The van der Waals surface area contributed by atoms with Crippen molar-refractivity contribution >= 4 is 23.2 Å². The Labute approximate surface area is 177 Å². The standard InChI is InChI=1S/C22H21FN6O2/c1-14-21(22(30)26-13-18-15(23)5-4-10-25-18)29-20(31-14)9-12-24-11-8-19-27-16-6-2-3-7-17(16)28-19/h2-7,10-11H,8-9,12-13H2,1H3,(H,26,30)(H,27,28). The summed E-state index contributed by atoms with van der Waals surface area (Å²) in [4.78, 5) is 32.6. The Balaban J connectivity index is 1.27. The van der Waals surface area contributed by atoms with E-state index in [9.17, 15) is 9.18 Å². The molecule has 3 aromatic heterocycles. The highest BCUT2D eigenvalue weighted by Crippen LogP contribution is 2.12. The Morgan fingerprint density at radius 3 is 2.97 bits per heavy atom. The molecule has 0 atom stereocenters. The van der Waals surface area contributed by atoms with Gasteiger partial charge in [0, 0.05) is 31.8 Å². The third-order valence-corrected chi connectivity index (χ3v) is 4.61. The van der Waals surface area contributed by atoms with E-state index >= 15 is 0 Å². The first-order valence-corrected chi connectivity index (χ1v) is 9.86. The van der Waals surface area contributed by atoms with E-state index in [2.05, 4.69) is 30.2 Å².